The number of hydrogen-bond donors (Lipinski definition) is 1. The maximum atomic E-state index is 8.76. The lowest BCUT2D eigenvalue weighted by Gasteiger charge is -1.41. The minimum absolute atomic E-state index is 0. The van der Waals surface area contributed by atoms with E-state index < -0.39 is 0 Å². The number of rotatable bonds is 0. The summed E-state index contributed by atoms with van der Waals surface area (Å²) < 4.78 is 0. The highest BCUT2D eigenvalue weighted by molar-refractivity contribution is 5.85. The van der Waals surface area contributed by atoms with Crippen molar-refractivity contribution >= 4 is 18.5 Å². The number of nitrogens with two attached hydrogens (primary N) is 1. The normalized spacial score (nSPS) is 3.20. The average Bonchev–Trinajstić information content (AvgIpc) is 1.37. The van der Waals surface area contributed by atoms with Crippen molar-refractivity contribution < 1.29 is 4.79 Å². The smallest absolute Gasteiger partial charge is 0.257 e. The van der Waals surface area contributed by atoms with Gasteiger partial charge in [0.2, 0.25) is 0 Å². The van der Waals surface area contributed by atoms with Crippen LogP contribution in [0.4, 0.5) is 0 Å². The molecule has 0 heterocycles. The van der Waals surface area contributed by atoms with Gasteiger partial charge in [0.15, 0.2) is 0 Å². The first-order chi connectivity index (χ1) is 1.91. The lowest BCUT2D eigenvalue weighted by Crippen LogP contribution is -1.71. The summed E-state index contributed by atoms with van der Waals surface area (Å²) in [5.74, 6) is 4.23. The maximum Gasteiger partial charge on any atom is 0.257 e. The van der Waals surface area contributed by atoms with E-state index in [0.29, 0.717) is 0 Å². The zero-order valence-electron chi connectivity index (χ0n) is 2.34. The standard InChI is InChI=1S/CH2N2O.ClH/c2-3-1-4;/h2H2;1H. The minimum Gasteiger partial charge on any atom is -0.312 e. The molecule has 0 radical (unpaired) electrons. The van der Waals surface area contributed by atoms with Crippen molar-refractivity contribution in [2.45, 2.75) is 0 Å². The van der Waals surface area contributed by atoms with E-state index >= 15 is 0 Å². The number of hydrazone groups is 1. The second-order valence-corrected chi connectivity index (χ2v) is 0.220. The van der Waals surface area contributed by atoms with Crippen molar-refractivity contribution in [3.63, 3.8) is 0 Å². The van der Waals surface area contributed by atoms with E-state index in [1.807, 2.05) is 0 Å². The average molecular weight is 94.5 g/mol. The molecule has 3 nitrogen and oxygen atoms in total. The Morgan fingerprint density at radius 3 is 2.00 bits per heavy atom. The van der Waals surface area contributed by atoms with Gasteiger partial charge in [-0.1, -0.05) is 5.10 Å². The molecule has 0 saturated carbocycles. The Kier molecular flexibility index (Phi) is 17.3. The third-order valence-corrected chi connectivity index (χ3v) is 0.0527. The molecule has 0 atom stereocenters. The van der Waals surface area contributed by atoms with Crippen LogP contribution in [0.5, 0.6) is 0 Å². The first-order valence-corrected chi connectivity index (χ1v) is 0.686. The summed E-state index contributed by atoms with van der Waals surface area (Å²) in [7, 11) is 0. The molecule has 0 aliphatic rings. The van der Waals surface area contributed by atoms with Crippen LogP contribution in [-0.2, 0) is 4.79 Å². The second kappa shape index (κ2) is 9.80. The van der Waals surface area contributed by atoms with E-state index in [2.05, 4.69) is 10.9 Å². The molecule has 0 amide bonds. The lowest BCUT2D eigenvalue weighted by molar-refractivity contribution is 0.563. The second-order valence-electron chi connectivity index (χ2n) is 0.220. The molecular weight excluding hydrogens is 91.5 g/mol. The number of isocyanates is 1. The Morgan fingerprint density at radius 1 is 1.80 bits per heavy atom. The van der Waals surface area contributed by atoms with Gasteiger partial charge in [-0.25, -0.2) is 4.79 Å². The van der Waals surface area contributed by atoms with Crippen LogP contribution in [-0.4, -0.2) is 6.08 Å². The minimum atomic E-state index is 0. The summed E-state index contributed by atoms with van der Waals surface area (Å²) in [4.78, 5) is 8.76. The summed E-state index contributed by atoms with van der Waals surface area (Å²) in [5.41, 5.74) is 0. The quantitative estimate of drug-likeness (QED) is 0.193. The molecule has 0 aliphatic carbocycles. The fourth-order valence-corrected chi connectivity index (χ4v) is 0. The van der Waals surface area contributed by atoms with E-state index in [0.717, 1.165) is 6.08 Å². The zero-order chi connectivity index (χ0) is 3.41. The topological polar surface area (TPSA) is 55.4 Å². The van der Waals surface area contributed by atoms with Gasteiger partial charge < -0.3 is 5.84 Å². The molecule has 0 aromatic heterocycles. The van der Waals surface area contributed by atoms with Gasteiger partial charge in [0.1, 0.15) is 0 Å². The van der Waals surface area contributed by atoms with Gasteiger partial charge >= 0.3 is 0 Å². The van der Waals surface area contributed by atoms with Crippen LogP contribution < -0.4 is 5.84 Å². The third-order valence-electron chi connectivity index (χ3n) is 0.0527. The monoisotopic (exact) mass is 94.0 g/mol. The number of halogens is 1. The lowest BCUT2D eigenvalue weighted by atomic mass is 11.6. The number of hydrogen-bond acceptors (Lipinski definition) is 3. The van der Waals surface area contributed by atoms with Crippen LogP contribution in [0.25, 0.3) is 0 Å². The molecule has 0 saturated heterocycles. The van der Waals surface area contributed by atoms with Gasteiger partial charge in [-0.05, 0) is 0 Å². The first kappa shape index (κ1) is 8.82. The van der Waals surface area contributed by atoms with Crippen LogP contribution in [0.1, 0.15) is 0 Å². The van der Waals surface area contributed by atoms with E-state index in [1.165, 1.54) is 0 Å². The molecular formula is CH3ClN2O. The Hall–Kier alpha value is -0.530. The Labute approximate surface area is 35.3 Å². The molecule has 0 aromatic carbocycles. The third kappa shape index (κ3) is 33.9. The molecule has 0 spiro atoms. The summed E-state index contributed by atoms with van der Waals surface area (Å²) in [6.45, 7) is 0. The van der Waals surface area contributed by atoms with Crippen molar-refractivity contribution in [1.82, 2.24) is 0 Å². The van der Waals surface area contributed by atoms with Crippen LogP contribution in [0.3, 0.4) is 0 Å². The molecule has 0 aliphatic heterocycles. The van der Waals surface area contributed by atoms with E-state index in [4.69, 9.17) is 4.79 Å². The van der Waals surface area contributed by atoms with Crippen LogP contribution in [0.2, 0.25) is 0 Å². The molecule has 0 unspecified atom stereocenters. The molecule has 4 heteroatoms. The van der Waals surface area contributed by atoms with Crippen molar-refractivity contribution in [3.8, 4) is 0 Å². The highest BCUT2D eigenvalue weighted by atomic mass is 35.5. The van der Waals surface area contributed by atoms with Gasteiger partial charge in [-0.3, -0.25) is 0 Å². The summed E-state index contributed by atoms with van der Waals surface area (Å²) >= 11 is 0. The molecule has 0 fully saturated rings. The van der Waals surface area contributed by atoms with Crippen molar-refractivity contribution in [1.29, 1.82) is 0 Å². The highest BCUT2D eigenvalue weighted by Crippen LogP contribution is 1.14. The predicted octanol–water partition coefficient (Wildman–Crippen LogP) is -0.382. The Bertz CT molecular complexity index is 47.6. The van der Waals surface area contributed by atoms with Crippen molar-refractivity contribution in [2.24, 2.45) is 10.9 Å². The van der Waals surface area contributed by atoms with Crippen LogP contribution in [0.15, 0.2) is 5.10 Å². The summed E-state index contributed by atoms with van der Waals surface area (Å²) in [6.07, 6.45) is 1.08. The summed E-state index contributed by atoms with van der Waals surface area (Å²) in [5, 5.41) is 2.43. The molecule has 0 rings (SSSR count). The Balaban J connectivity index is 0. The van der Waals surface area contributed by atoms with E-state index in [1.54, 1.807) is 0 Å². The molecule has 0 bridgehead atoms. The summed E-state index contributed by atoms with van der Waals surface area (Å²) in [6, 6.07) is 0. The molecule has 5 heavy (non-hydrogen) atoms. The van der Waals surface area contributed by atoms with Crippen LogP contribution in [0, 0.1) is 0 Å². The van der Waals surface area contributed by atoms with Crippen molar-refractivity contribution in [3.05, 3.63) is 0 Å². The van der Waals surface area contributed by atoms with E-state index in [9.17, 15) is 0 Å². The molecule has 30 valence electrons. The fourth-order valence-electron chi connectivity index (χ4n) is 0. The predicted molar refractivity (Wildman–Crippen MR) is 19.6 cm³/mol. The van der Waals surface area contributed by atoms with Gasteiger partial charge in [-0.15, -0.1) is 12.4 Å². The van der Waals surface area contributed by atoms with E-state index in [-0.39, 0.29) is 12.4 Å². The fraction of sp³-hybridized carbons (Fsp3) is 0. The Morgan fingerprint density at radius 2 is 2.00 bits per heavy atom. The van der Waals surface area contributed by atoms with Gasteiger partial charge in [0.25, 0.3) is 6.08 Å². The molecule has 0 aromatic rings. The zero-order valence-corrected chi connectivity index (χ0v) is 3.16. The maximum absolute atomic E-state index is 8.76. The van der Waals surface area contributed by atoms with Gasteiger partial charge in [-0.2, -0.15) is 0 Å². The number of nitrogens with zero attached hydrogens (tertiary/aromatic N) is 1. The van der Waals surface area contributed by atoms with Crippen molar-refractivity contribution in [2.75, 3.05) is 0 Å². The van der Waals surface area contributed by atoms with Crippen LogP contribution >= 0.6 is 12.4 Å². The first-order valence-electron chi connectivity index (χ1n) is 0.686. The largest absolute Gasteiger partial charge is 0.312 e. The van der Waals surface area contributed by atoms with Gasteiger partial charge in [0, 0.05) is 0 Å². The van der Waals surface area contributed by atoms with Gasteiger partial charge in [0.05, 0.1) is 0 Å². The highest BCUT2D eigenvalue weighted by Gasteiger charge is 1.27. The number of carbonyl (C=O) groups excluding carboxylic acids is 1. The SMILES string of the molecule is Cl.NN=C=O. The molecule has 2 N–H and O–H groups in total.